The van der Waals surface area contributed by atoms with Gasteiger partial charge in [-0.3, -0.25) is 0 Å². The second-order valence-corrected chi connectivity index (χ2v) is 14.9. The Bertz CT molecular complexity index is 3510. The SMILES string of the molecule is c1ccc(-c2ccccc2-n2c3ccc(-c4ccc5c(c4)c4ccccc4n5-c4ccc5c(c4)oc4ccccc45)cc3c3cccc(-c4ccccc4)c32)cc1. The van der Waals surface area contributed by atoms with Crippen LogP contribution in [0, 0.1) is 0 Å². The number of nitrogens with zero attached hydrogens (tertiary/aromatic N) is 2. The summed E-state index contributed by atoms with van der Waals surface area (Å²) in [6.07, 6.45) is 0. The summed E-state index contributed by atoms with van der Waals surface area (Å²) in [6.45, 7) is 0. The highest BCUT2D eigenvalue weighted by molar-refractivity contribution is 6.16. The van der Waals surface area contributed by atoms with E-state index in [9.17, 15) is 0 Å². The maximum absolute atomic E-state index is 6.33. The molecule has 3 nitrogen and oxygen atoms in total. The van der Waals surface area contributed by atoms with E-state index in [4.69, 9.17) is 4.42 Å². The van der Waals surface area contributed by atoms with Gasteiger partial charge in [-0.25, -0.2) is 0 Å². The zero-order valence-corrected chi connectivity index (χ0v) is 30.9. The molecule has 9 aromatic carbocycles. The maximum atomic E-state index is 6.33. The molecule has 12 rings (SSSR count). The smallest absolute Gasteiger partial charge is 0.137 e. The standard InChI is InChI=1S/C54H34N2O/c1-3-14-35(15-4-1)40-18-7-10-23-48(40)56-51-31-27-38(33-47(51)45-22-13-21-41(54(45)56)36-16-5-2-6-17-36)37-26-30-50-46(32-37)42-19-8-11-24-49(42)55(50)39-28-29-44-43-20-9-12-25-52(43)57-53(44)34-39/h1-34H. The van der Waals surface area contributed by atoms with Crippen molar-refractivity contribution in [2.45, 2.75) is 0 Å². The average molecular weight is 727 g/mol. The van der Waals surface area contributed by atoms with Gasteiger partial charge < -0.3 is 13.6 Å². The molecule has 3 heteroatoms. The van der Waals surface area contributed by atoms with Gasteiger partial charge in [0, 0.05) is 55.2 Å². The zero-order chi connectivity index (χ0) is 37.5. The van der Waals surface area contributed by atoms with E-state index in [2.05, 4.69) is 203 Å². The molecule has 266 valence electrons. The van der Waals surface area contributed by atoms with Crippen molar-refractivity contribution in [1.82, 2.24) is 9.13 Å². The number of para-hydroxylation sites is 4. The summed E-state index contributed by atoms with van der Waals surface area (Å²) in [7, 11) is 0. The summed E-state index contributed by atoms with van der Waals surface area (Å²) in [5, 5.41) is 7.18. The molecular formula is C54H34N2O. The predicted octanol–water partition coefficient (Wildman–Crippen LogP) is 14.8. The third-order valence-electron chi connectivity index (χ3n) is 11.7. The van der Waals surface area contributed by atoms with Crippen LogP contribution in [0.15, 0.2) is 211 Å². The molecule has 0 radical (unpaired) electrons. The number of hydrogen-bond acceptors (Lipinski definition) is 1. The van der Waals surface area contributed by atoms with Crippen molar-refractivity contribution < 1.29 is 4.42 Å². The molecule has 0 saturated carbocycles. The fraction of sp³-hybridized carbons (Fsp3) is 0. The first kappa shape index (κ1) is 31.7. The van der Waals surface area contributed by atoms with Crippen molar-refractivity contribution in [3.8, 4) is 44.8 Å². The van der Waals surface area contributed by atoms with Gasteiger partial charge in [-0.2, -0.15) is 0 Å². The van der Waals surface area contributed by atoms with Gasteiger partial charge in [-0.15, -0.1) is 0 Å². The first-order chi connectivity index (χ1) is 28.3. The molecule has 0 spiro atoms. The lowest BCUT2D eigenvalue weighted by atomic mass is 9.99. The molecule has 12 aromatic rings. The second kappa shape index (κ2) is 12.5. The van der Waals surface area contributed by atoms with Crippen LogP contribution in [-0.2, 0) is 0 Å². The molecule has 3 aromatic heterocycles. The van der Waals surface area contributed by atoms with Crippen LogP contribution in [-0.4, -0.2) is 9.13 Å². The fourth-order valence-electron chi connectivity index (χ4n) is 9.16. The number of fused-ring (bicyclic) bond motifs is 9. The quantitative estimate of drug-likeness (QED) is 0.173. The minimum atomic E-state index is 0.894. The number of rotatable bonds is 5. The normalized spacial score (nSPS) is 11.9. The zero-order valence-electron chi connectivity index (χ0n) is 30.9. The van der Waals surface area contributed by atoms with Crippen LogP contribution in [0.2, 0.25) is 0 Å². The van der Waals surface area contributed by atoms with E-state index < -0.39 is 0 Å². The molecule has 0 amide bonds. The van der Waals surface area contributed by atoms with Crippen LogP contribution >= 0.6 is 0 Å². The Morgan fingerprint density at radius 1 is 0.298 bits per heavy atom. The Kier molecular flexibility index (Phi) is 6.93. The Balaban J connectivity index is 1.07. The Morgan fingerprint density at radius 3 is 1.65 bits per heavy atom. The molecule has 0 N–H and O–H groups in total. The van der Waals surface area contributed by atoms with E-state index in [1.165, 1.54) is 71.5 Å². The molecule has 0 aliphatic heterocycles. The summed E-state index contributed by atoms with van der Waals surface area (Å²) in [5.74, 6) is 0. The topological polar surface area (TPSA) is 23.0 Å². The number of aromatic nitrogens is 2. The van der Waals surface area contributed by atoms with E-state index in [0.717, 1.165) is 38.8 Å². The summed E-state index contributed by atoms with van der Waals surface area (Å²) >= 11 is 0. The van der Waals surface area contributed by atoms with Crippen LogP contribution in [0.1, 0.15) is 0 Å². The van der Waals surface area contributed by atoms with Crippen molar-refractivity contribution in [2.75, 3.05) is 0 Å². The van der Waals surface area contributed by atoms with Crippen molar-refractivity contribution in [3.05, 3.63) is 206 Å². The van der Waals surface area contributed by atoms with Crippen LogP contribution in [0.5, 0.6) is 0 Å². The highest BCUT2D eigenvalue weighted by atomic mass is 16.3. The van der Waals surface area contributed by atoms with Crippen molar-refractivity contribution >= 4 is 65.6 Å². The molecule has 0 aliphatic carbocycles. The molecule has 0 unspecified atom stereocenters. The largest absolute Gasteiger partial charge is 0.456 e. The van der Waals surface area contributed by atoms with Crippen molar-refractivity contribution in [3.63, 3.8) is 0 Å². The van der Waals surface area contributed by atoms with E-state index >= 15 is 0 Å². The second-order valence-electron chi connectivity index (χ2n) is 14.9. The van der Waals surface area contributed by atoms with Crippen LogP contribution in [0.4, 0.5) is 0 Å². The molecular weight excluding hydrogens is 693 g/mol. The highest BCUT2D eigenvalue weighted by Gasteiger charge is 2.20. The summed E-state index contributed by atoms with van der Waals surface area (Å²) in [6, 6.07) is 74.5. The average Bonchev–Trinajstić information content (AvgIpc) is 3.94. The number of furan rings is 1. The first-order valence-corrected chi connectivity index (χ1v) is 19.5. The highest BCUT2D eigenvalue weighted by Crippen LogP contribution is 2.43. The molecule has 0 saturated heterocycles. The van der Waals surface area contributed by atoms with Crippen LogP contribution < -0.4 is 0 Å². The van der Waals surface area contributed by atoms with E-state index in [0.29, 0.717) is 0 Å². The Morgan fingerprint density at radius 2 is 0.860 bits per heavy atom. The summed E-state index contributed by atoms with van der Waals surface area (Å²) < 4.78 is 11.2. The molecule has 0 fully saturated rings. The lowest BCUT2D eigenvalue weighted by molar-refractivity contribution is 0.668. The Hall–Kier alpha value is -7.62. The van der Waals surface area contributed by atoms with Gasteiger partial charge >= 0.3 is 0 Å². The monoisotopic (exact) mass is 726 g/mol. The van der Waals surface area contributed by atoms with E-state index in [1.807, 2.05) is 12.1 Å². The van der Waals surface area contributed by atoms with Gasteiger partial charge in [0.2, 0.25) is 0 Å². The van der Waals surface area contributed by atoms with Gasteiger partial charge in [-0.05, 0) is 76.9 Å². The predicted molar refractivity (Wildman–Crippen MR) is 239 cm³/mol. The molecule has 3 heterocycles. The Labute approximate surface area is 328 Å². The third kappa shape index (κ3) is 4.86. The van der Waals surface area contributed by atoms with Gasteiger partial charge in [0.05, 0.1) is 27.8 Å². The maximum Gasteiger partial charge on any atom is 0.137 e. The summed E-state index contributed by atoms with van der Waals surface area (Å²) in [4.78, 5) is 0. The fourth-order valence-corrected chi connectivity index (χ4v) is 9.16. The molecule has 57 heavy (non-hydrogen) atoms. The lowest BCUT2D eigenvalue weighted by Crippen LogP contribution is -1.98. The van der Waals surface area contributed by atoms with Gasteiger partial charge in [-0.1, -0.05) is 146 Å². The summed E-state index contributed by atoms with van der Waals surface area (Å²) in [5.41, 5.74) is 16.0. The third-order valence-corrected chi connectivity index (χ3v) is 11.7. The van der Waals surface area contributed by atoms with Crippen LogP contribution in [0.25, 0.3) is 110 Å². The van der Waals surface area contributed by atoms with E-state index in [1.54, 1.807) is 0 Å². The number of hydrogen-bond donors (Lipinski definition) is 0. The van der Waals surface area contributed by atoms with Crippen molar-refractivity contribution in [1.29, 1.82) is 0 Å². The number of benzene rings is 9. The molecule has 0 bridgehead atoms. The lowest BCUT2D eigenvalue weighted by Gasteiger charge is -2.16. The minimum Gasteiger partial charge on any atom is -0.456 e. The van der Waals surface area contributed by atoms with Gasteiger partial charge in [0.25, 0.3) is 0 Å². The van der Waals surface area contributed by atoms with E-state index in [-0.39, 0.29) is 0 Å². The minimum absolute atomic E-state index is 0.894. The first-order valence-electron chi connectivity index (χ1n) is 19.5. The molecule has 0 aliphatic rings. The van der Waals surface area contributed by atoms with Crippen molar-refractivity contribution in [2.24, 2.45) is 0 Å². The van der Waals surface area contributed by atoms with Gasteiger partial charge in [0.15, 0.2) is 0 Å². The van der Waals surface area contributed by atoms with Gasteiger partial charge in [0.1, 0.15) is 11.2 Å². The molecule has 0 atom stereocenters. The van der Waals surface area contributed by atoms with Crippen LogP contribution in [0.3, 0.4) is 0 Å².